The molecule has 25 heavy (non-hydrogen) atoms. The Morgan fingerprint density at radius 2 is 1.40 bits per heavy atom. The van der Waals surface area contributed by atoms with Crippen molar-refractivity contribution in [1.82, 2.24) is 0 Å². The van der Waals surface area contributed by atoms with Crippen LogP contribution >= 0.6 is 15.9 Å². The number of benzene rings is 3. The van der Waals surface area contributed by atoms with Crippen molar-refractivity contribution in [2.24, 2.45) is 5.10 Å². The van der Waals surface area contributed by atoms with Gasteiger partial charge in [0.05, 0.1) is 11.4 Å². The Hall–Kier alpha value is -2.43. The summed E-state index contributed by atoms with van der Waals surface area (Å²) in [4.78, 5) is 0. The molecule has 0 radical (unpaired) electrons. The molecule has 3 aromatic carbocycles. The minimum absolute atomic E-state index is 0.259. The zero-order valence-corrected chi connectivity index (χ0v) is 15.0. The first-order valence-corrected chi connectivity index (χ1v) is 8.95. The summed E-state index contributed by atoms with van der Waals surface area (Å²) < 4.78 is 1.01. The van der Waals surface area contributed by atoms with Crippen molar-refractivity contribution in [3.05, 3.63) is 101 Å². The van der Waals surface area contributed by atoms with Gasteiger partial charge in [0.25, 0.3) is 0 Å². The average molecular weight is 393 g/mol. The molecule has 0 aromatic heterocycles. The first-order valence-electron chi connectivity index (χ1n) is 8.16. The number of rotatable bonds is 3. The van der Waals surface area contributed by atoms with Gasteiger partial charge in [-0.2, -0.15) is 5.10 Å². The second-order valence-corrected chi connectivity index (χ2v) is 6.89. The summed E-state index contributed by atoms with van der Waals surface area (Å²) in [5, 5.41) is 17.8. The zero-order chi connectivity index (χ0) is 17.2. The van der Waals surface area contributed by atoms with E-state index in [9.17, 15) is 5.11 Å². The summed E-state index contributed by atoms with van der Waals surface area (Å²) in [5.74, 6) is 0. The number of hydrogen-bond acceptors (Lipinski definition) is 3. The molecule has 0 saturated heterocycles. The SMILES string of the molecule is OC1C(c2ccccc2)=NN(c2ccccc2)C1c1ccc(Br)cc1. The molecule has 1 aliphatic heterocycles. The number of nitrogens with zero attached hydrogens (tertiary/aromatic N) is 2. The predicted octanol–water partition coefficient (Wildman–Crippen LogP) is 4.78. The number of aliphatic hydroxyl groups is 1. The Kier molecular flexibility index (Phi) is 4.38. The Morgan fingerprint density at radius 1 is 0.800 bits per heavy atom. The lowest BCUT2D eigenvalue weighted by Crippen LogP contribution is -2.29. The van der Waals surface area contributed by atoms with Gasteiger partial charge in [-0.05, 0) is 29.8 Å². The van der Waals surface area contributed by atoms with Crippen LogP contribution in [-0.2, 0) is 0 Å². The monoisotopic (exact) mass is 392 g/mol. The molecular weight excluding hydrogens is 376 g/mol. The molecule has 0 spiro atoms. The molecule has 2 atom stereocenters. The summed E-state index contributed by atoms with van der Waals surface area (Å²) in [5.41, 5.74) is 3.61. The summed E-state index contributed by atoms with van der Waals surface area (Å²) in [6, 6.07) is 27.6. The van der Waals surface area contributed by atoms with E-state index in [0.29, 0.717) is 5.71 Å². The molecule has 0 aliphatic carbocycles. The van der Waals surface area contributed by atoms with E-state index in [0.717, 1.165) is 21.3 Å². The molecular formula is C21H17BrN2O. The van der Waals surface area contributed by atoms with Crippen LogP contribution < -0.4 is 5.01 Å². The molecule has 124 valence electrons. The molecule has 1 heterocycles. The molecule has 1 aliphatic rings. The highest BCUT2D eigenvalue weighted by Gasteiger charge is 2.38. The molecule has 1 N–H and O–H groups in total. The van der Waals surface area contributed by atoms with Gasteiger partial charge in [-0.1, -0.05) is 76.6 Å². The van der Waals surface area contributed by atoms with E-state index in [1.807, 2.05) is 89.9 Å². The molecule has 0 fully saturated rings. The Morgan fingerprint density at radius 3 is 2.04 bits per heavy atom. The average Bonchev–Trinajstić information content (AvgIpc) is 3.01. The fraction of sp³-hybridized carbons (Fsp3) is 0.0952. The van der Waals surface area contributed by atoms with Gasteiger partial charge in [-0.3, -0.25) is 5.01 Å². The number of hydrazone groups is 1. The summed E-state index contributed by atoms with van der Waals surface area (Å²) in [7, 11) is 0. The van der Waals surface area contributed by atoms with Crippen LogP contribution in [0.15, 0.2) is 94.5 Å². The van der Waals surface area contributed by atoms with Gasteiger partial charge < -0.3 is 5.11 Å². The van der Waals surface area contributed by atoms with Crippen LogP contribution in [0.5, 0.6) is 0 Å². The Labute approximate surface area is 155 Å². The molecule has 4 rings (SSSR count). The van der Waals surface area contributed by atoms with E-state index in [2.05, 4.69) is 15.9 Å². The number of aliphatic hydroxyl groups excluding tert-OH is 1. The lowest BCUT2D eigenvalue weighted by Gasteiger charge is -2.26. The number of anilines is 1. The molecule has 4 heteroatoms. The standard InChI is InChI=1S/C21H17BrN2O/c22-17-13-11-16(12-14-17)20-21(25)19(15-7-3-1-4-8-15)23-24(20)18-9-5-2-6-10-18/h1-14,20-21,25H. The van der Waals surface area contributed by atoms with Gasteiger partial charge in [0, 0.05) is 10.0 Å². The lowest BCUT2D eigenvalue weighted by molar-refractivity contribution is 0.217. The van der Waals surface area contributed by atoms with Crippen molar-refractivity contribution in [2.45, 2.75) is 12.1 Å². The lowest BCUT2D eigenvalue weighted by atomic mass is 9.95. The molecule has 2 unspecified atom stereocenters. The van der Waals surface area contributed by atoms with Gasteiger partial charge in [0.1, 0.15) is 12.1 Å². The first kappa shape index (κ1) is 16.1. The second-order valence-electron chi connectivity index (χ2n) is 5.97. The fourth-order valence-electron chi connectivity index (χ4n) is 3.14. The highest BCUT2D eigenvalue weighted by atomic mass is 79.9. The maximum Gasteiger partial charge on any atom is 0.125 e. The second kappa shape index (κ2) is 6.82. The van der Waals surface area contributed by atoms with Gasteiger partial charge in [-0.25, -0.2) is 0 Å². The van der Waals surface area contributed by atoms with Crippen LogP contribution in [0.3, 0.4) is 0 Å². The van der Waals surface area contributed by atoms with Crippen molar-refractivity contribution in [2.75, 3.05) is 5.01 Å². The third kappa shape index (κ3) is 3.11. The maximum atomic E-state index is 11.1. The highest BCUT2D eigenvalue weighted by Crippen LogP contribution is 2.37. The quantitative estimate of drug-likeness (QED) is 0.696. The number of hydrogen-bond donors (Lipinski definition) is 1. The van der Waals surface area contributed by atoms with Gasteiger partial charge in [-0.15, -0.1) is 0 Å². The van der Waals surface area contributed by atoms with Crippen LogP contribution in [0.25, 0.3) is 0 Å². The van der Waals surface area contributed by atoms with E-state index in [1.165, 1.54) is 0 Å². The smallest absolute Gasteiger partial charge is 0.125 e. The third-order valence-electron chi connectivity index (χ3n) is 4.36. The van der Waals surface area contributed by atoms with E-state index < -0.39 is 6.10 Å². The van der Waals surface area contributed by atoms with Crippen LogP contribution in [0.1, 0.15) is 17.2 Å². The predicted molar refractivity (Wildman–Crippen MR) is 105 cm³/mol. The van der Waals surface area contributed by atoms with E-state index in [-0.39, 0.29) is 6.04 Å². The van der Waals surface area contributed by atoms with Crippen molar-refractivity contribution >= 4 is 27.3 Å². The first-order chi connectivity index (χ1) is 12.2. The normalized spacial score (nSPS) is 19.8. The Bertz CT molecular complexity index is 879. The number of para-hydroxylation sites is 1. The van der Waals surface area contributed by atoms with Crippen LogP contribution in [0.2, 0.25) is 0 Å². The van der Waals surface area contributed by atoms with Gasteiger partial charge in [0.2, 0.25) is 0 Å². The fourth-order valence-corrected chi connectivity index (χ4v) is 3.40. The van der Waals surface area contributed by atoms with Gasteiger partial charge >= 0.3 is 0 Å². The van der Waals surface area contributed by atoms with Crippen LogP contribution in [0, 0.1) is 0 Å². The minimum atomic E-state index is -0.705. The zero-order valence-electron chi connectivity index (χ0n) is 13.5. The number of halogens is 1. The van der Waals surface area contributed by atoms with Gasteiger partial charge in [0.15, 0.2) is 0 Å². The van der Waals surface area contributed by atoms with Crippen LogP contribution in [0.4, 0.5) is 5.69 Å². The summed E-state index contributed by atoms with van der Waals surface area (Å²) in [6.07, 6.45) is -0.705. The van der Waals surface area contributed by atoms with Crippen molar-refractivity contribution in [3.8, 4) is 0 Å². The topological polar surface area (TPSA) is 35.8 Å². The van der Waals surface area contributed by atoms with E-state index in [4.69, 9.17) is 5.10 Å². The van der Waals surface area contributed by atoms with E-state index >= 15 is 0 Å². The highest BCUT2D eigenvalue weighted by molar-refractivity contribution is 9.10. The van der Waals surface area contributed by atoms with Crippen molar-refractivity contribution in [1.29, 1.82) is 0 Å². The maximum absolute atomic E-state index is 11.1. The van der Waals surface area contributed by atoms with Crippen molar-refractivity contribution < 1.29 is 5.11 Å². The summed E-state index contributed by atoms with van der Waals surface area (Å²) >= 11 is 3.47. The van der Waals surface area contributed by atoms with Crippen LogP contribution in [-0.4, -0.2) is 16.9 Å². The minimum Gasteiger partial charge on any atom is -0.384 e. The van der Waals surface area contributed by atoms with Crippen molar-refractivity contribution in [3.63, 3.8) is 0 Å². The molecule has 0 saturated carbocycles. The Balaban J connectivity index is 1.80. The molecule has 3 nitrogen and oxygen atoms in total. The molecule has 3 aromatic rings. The van der Waals surface area contributed by atoms with E-state index in [1.54, 1.807) is 0 Å². The summed E-state index contributed by atoms with van der Waals surface area (Å²) in [6.45, 7) is 0. The molecule has 0 bridgehead atoms. The third-order valence-corrected chi connectivity index (χ3v) is 4.89. The molecule has 0 amide bonds. The largest absolute Gasteiger partial charge is 0.384 e.